The molecule has 0 spiro atoms. The molecule has 0 amide bonds. The van der Waals surface area contributed by atoms with Gasteiger partial charge in [-0.15, -0.1) is 10.0 Å². The van der Waals surface area contributed by atoms with Gasteiger partial charge in [-0.05, 0) is 48.7 Å². The number of pyridine rings is 1. The fourth-order valence-corrected chi connectivity index (χ4v) is 3.75. The Hall–Kier alpha value is -0.940. The second-order valence-electron chi connectivity index (χ2n) is 5.48. The summed E-state index contributed by atoms with van der Waals surface area (Å²) in [7, 11) is -1.03. The molecule has 98 valence electrons. The molecule has 18 heavy (non-hydrogen) atoms. The average molecular weight is 261 g/mol. The Balaban J connectivity index is 1.95. The first-order valence-electron chi connectivity index (χ1n) is 6.82. The van der Waals surface area contributed by atoms with Crippen LogP contribution in [0.1, 0.15) is 38.5 Å². The Bertz CT molecular complexity index is 421. The quantitative estimate of drug-likeness (QED) is 0.717. The highest BCUT2D eigenvalue weighted by Gasteiger charge is 2.14. The summed E-state index contributed by atoms with van der Waals surface area (Å²) in [5, 5.41) is 4.65. The number of nitrogens with zero attached hydrogens (tertiary/aromatic N) is 1. The molecule has 0 aliphatic heterocycles. The van der Waals surface area contributed by atoms with Gasteiger partial charge in [-0.2, -0.15) is 0 Å². The van der Waals surface area contributed by atoms with Crippen LogP contribution < -0.4 is 0 Å². The standard InChI is InChI=1S/C16H23NS/c1-18(2,16-12-6-7-13-17-16)14-8-11-15-9-4-3-5-10-15/h6-7,12-13,15H,3-5,9-11H2,1-2H3. The predicted octanol–water partition coefficient (Wildman–Crippen LogP) is 4.44. The van der Waals surface area contributed by atoms with E-state index in [2.05, 4.69) is 40.8 Å². The van der Waals surface area contributed by atoms with Crippen LogP contribution in [0.15, 0.2) is 29.4 Å². The smallest absolute Gasteiger partial charge is 0.0889 e. The summed E-state index contributed by atoms with van der Waals surface area (Å²) in [6, 6.07) is 6.12. The number of hydrogen-bond donors (Lipinski definition) is 0. The summed E-state index contributed by atoms with van der Waals surface area (Å²) in [4.78, 5) is 4.45. The van der Waals surface area contributed by atoms with Gasteiger partial charge in [0, 0.05) is 12.6 Å². The molecule has 1 fully saturated rings. The normalized spacial score (nSPS) is 17.9. The number of aromatic nitrogens is 1. The molecule has 2 rings (SSSR count). The minimum Gasteiger partial charge on any atom is -0.251 e. The molecule has 2 heteroatoms. The molecule has 0 radical (unpaired) electrons. The van der Waals surface area contributed by atoms with Crippen molar-refractivity contribution in [3.63, 3.8) is 0 Å². The van der Waals surface area contributed by atoms with Gasteiger partial charge in [0.1, 0.15) is 0 Å². The van der Waals surface area contributed by atoms with Crippen LogP contribution in [0.25, 0.3) is 0 Å². The fraction of sp³-hybridized carbons (Fsp3) is 0.562. The number of rotatable bonds is 2. The topological polar surface area (TPSA) is 12.9 Å². The molecule has 0 saturated heterocycles. The Morgan fingerprint density at radius 3 is 2.67 bits per heavy atom. The zero-order valence-corrected chi connectivity index (χ0v) is 12.3. The summed E-state index contributed by atoms with van der Waals surface area (Å²) in [6.45, 7) is 0. The first kappa shape index (κ1) is 13.5. The van der Waals surface area contributed by atoms with E-state index in [1.54, 1.807) is 0 Å². The lowest BCUT2D eigenvalue weighted by Crippen LogP contribution is -2.05. The Morgan fingerprint density at radius 1 is 1.22 bits per heavy atom. The Kier molecular flexibility index (Phi) is 4.72. The zero-order valence-electron chi connectivity index (χ0n) is 11.5. The van der Waals surface area contributed by atoms with Crippen LogP contribution in [-0.2, 0) is 0 Å². The van der Waals surface area contributed by atoms with Crippen molar-refractivity contribution < 1.29 is 0 Å². The Labute approximate surface area is 113 Å². The number of hydrogen-bond acceptors (Lipinski definition) is 1. The van der Waals surface area contributed by atoms with Gasteiger partial charge in [0.05, 0.1) is 5.03 Å². The minimum atomic E-state index is -1.03. The van der Waals surface area contributed by atoms with E-state index in [0.717, 1.165) is 17.4 Å². The Morgan fingerprint density at radius 2 is 2.00 bits per heavy atom. The van der Waals surface area contributed by atoms with Gasteiger partial charge in [0.2, 0.25) is 0 Å². The van der Waals surface area contributed by atoms with Crippen LogP contribution in [0.2, 0.25) is 0 Å². The molecule has 1 aromatic heterocycles. The van der Waals surface area contributed by atoms with Gasteiger partial charge in [-0.3, -0.25) is 4.98 Å². The molecule has 0 atom stereocenters. The monoisotopic (exact) mass is 261 g/mol. The first-order valence-corrected chi connectivity index (χ1v) is 9.27. The largest absolute Gasteiger partial charge is 0.251 e. The van der Waals surface area contributed by atoms with E-state index in [-0.39, 0.29) is 0 Å². The third-order valence-corrected chi connectivity index (χ3v) is 5.55. The lowest BCUT2D eigenvalue weighted by Gasteiger charge is -2.23. The highest BCUT2D eigenvalue weighted by atomic mass is 32.3. The summed E-state index contributed by atoms with van der Waals surface area (Å²) in [5.41, 5.74) is 0. The van der Waals surface area contributed by atoms with Gasteiger partial charge >= 0.3 is 0 Å². The van der Waals surface area contributed by atoms with Crippen molar-refractivity contribution in [1.29, 1.82) is 0 Å². The molecule has 1 aromatic rings. The highest BCUT2D eigenvalue weighted by molar-refractivity contribution is 8.36. The van der Waals surface area contributed by atoms with Gasteiger partial charge in [0.25, 0.3) is 0 Å². The van der Waals surface area contributed by atoms with Gasteiger partial charge in [0.15, 0.2) is 0 Å². The molecule has 0 unspecified atom stereocenters. The van der Waals surface area contributed by atoms with E-state index in [1.807, 2.05) is 12.3 Å². The van der Waals surface area contributed by atoms with Crippen molar-refractivity contribution in [3.8, 4) is 11.2 Å². The summed E-state index contributed by atoms with van der Waals surface area (Å²) < 4.78 is 0. The molecule has 1 aliphatic rings. The zero-order chi connectivity index (χ0) is 12.8. The summed E-state index contributed by atoms with van der Waals surface area (Å²) >= 11 is 0. The van der Waals surface area contributed by atoms with Gasteiger partial charge < -0.3 is 0 Å². The van der Waals surface area contributed by atoms with Crippen molar-refractivity contribution in [2.24, 2.45) is 5.92 Å². The van der Waals surface area contributed by atoms with E-state index in [4.69, 9.17) is 0 Å². The molecule has 1 nitrogen and oxygen atoms in total. The molecule has 1 aliphatic carbocycles. The van der Waals surface area contributed by atoms with Crippen molar-refractivity contribution >= 4 is 10.0 Å². The second kappa shape index (κ2) is 6.29. The molecule has 0 N–H and O–H groups in total. The highest BCUT2D eigenvalue weighted by Crippen LogP contribution is 2.46. The van der Waals surface area contributed by atoms with Crippen LogP contribution >= 0.6 is 10.0 Å². The van der Waals surface area contributed by atoms with Crippen molar-refractivity contribution in [1.82, 2.24) is 4.98 Å². The van der Waals surface area contributed by atoms with E-state index < -0.39 is 10.0 Å². The van der Waals surface area contributed by atoms with Gasteiger partial charge in [-0.25, -0.2) is 0 Å². The van der Waals surface area contributed by atoms with E-state index >= 15 is 0 Å². The SMILES string of the molecule is CS(C)(C#CCC1CCCCC1)c1ccccn1. The van der Waals surface area contributed by atoms with E-state index in [1.165, 1.54) is 32.1 Å². The predicted molar refractivity (Wildman–Crippen MR) is 80.9 cm³/mol. The second-order valence-corrected chi connectivity index (χ2v) is 8.76. The average Bonchev–Trinajstić information content (AvgIpc) is 2.41. The van der Waals surface area contributed by atoms with Crippen molar-refractivity contribution in [3.05, 3.63) is 24.4 Å². The van der Waals surface area contributed by atoms with Crippen molar-refractivity contribution in [2.45, 2.75) is 43.6 Å². The summed E-state index contributed by atoms with van der Waals surface area (Å²) in [5.74, 6) is 4.29. The summed E-state index contributed by atoms with van der Waals surface area (Å²) in [6.07, 6.45) is 14.4. The molecule has 1 saturated carbocycles. The molecular formula is C16H23NS. The molecular weight excluding hydrogens is 238 g/mol. The first-order chi connectivity index (χ1) is 8.68. The maximum Gasteiger partial charge on any atom is 0.0889 e. The molecule has 0 aromatic carbocycles. The van der Waals surface area contributed by atoms with E-state index in [0.29, 0.717) is 0 Å². The van der Waals surface area contributed by atoms with Crippen LogP contribution in [0.5, 0.6) is 0 Å². The lowest BCUT2D eigenvalue weighted by atomic mass is 9.87. The van der Waals surface area contributed by atoms with E-state index in [9.17, 15) is 0 Å². The maximum absolute atomic E-state index is 4.45. The van der Waals surface area contributed by atoms with Crippen LogP contribution in [0, 0.1) is 17.1 Å². The van der Waals surface area contributed by atoms with Crippen molar-refractivity contribution in [2.75, 3.05) is 12.5 Å². The third-order valence-electron chi connectivity index (χ3n) is 3.60. The van der Waals surface area contributed by atoms with Gasteiger partial charge in [-0.1, -0.05) is 31.2 Å². The molecule has 0 bridgehead atoms. The lowest BCUT2D eigenvalue weighted by molar-refractivity contribution is 0.365. The fourth-order valence-electron chi connectivity index (χ4n) is 2.46. The maximum atomic E-state index is 4.45. The van der Waals surface area contributed by atoms with Crippen LogP contribution in [0.3, 0.4) is 0 Å². The van der Waals surface area contributed by atoms with Crippen LogP contribution in [-0.4, -0.2) is 17.5 Å². The minimum absolute atomic E-state index is 0.852. The molecule has 1 heterocycles. The van der Waals surface area contributed by atoms with Crippen LogP contribution in [0.4, 0.5) is 0 Å². The third kappa shape index (κ3) is 3.78.